The van der Waals surface area contributed by atoms with Gasteiger partial charge in [-0.25, -0.2) is 8.78 Å². The van der Waals surface area contributed by atoms with Gasteiger partial charge in [-0.15, -0.1) is 0 Å². The predicted molar refractivity (Wildman–Crippen MR) is 190 cm³/mol. The third kappa shape index (κ3) is 9.57. The summed E-state index contributed by atoms with van der Waals surface area (Å²) in [5.74, 6) is -5.22. The lowest BCUT2D eigenvalue weighted by Gasteiger charge is -2.45. The molecular formula is C40H44F3N3O7. The maximum atomic E-state index is 14.6. The molecule has 2 fully saturated rings. The fraction of sp³-hybridized carbons (Fsp3) is 0.425. The zero-order chi connectivity index (χ0) is 37.6. The minimum absolute atomic E-state index is 0.0228. The molecule has 13 heteroatoms. The van der Waals surface area contributed by atoms with Crippen LogP contribution in [0, 0.1) is 24.4 Å². The molecule has 3 N–H and O–H groups in total. The number of piperazine rings is 1. The van der Waals surface area contributed by atoms with Crippen molar-refractivity contribution in [2.45, 2.75) is 76.1 Å². The Morgan fingerprint density at radius 2 is 1.72 bits per heavy atom. The Labute approximate surface area is 306 Å². The molecule has 2 bridgehead atoms. The van der Waals surface area contributed by atoms with Gasteiger partial charge in [0.2, 0.25) is 11.7 Å². The van der Waals surface area contributed by atoms with Gasteiger partial charge in [0.15, 0.2) is 17.4 Å². The third-order valence-electron chi connectivity index (χ3n) is 9.81. The van der Waals surface area contributed by atoms with Crippen LogP contribution in [0.4, 0.5) is 13.2 Å². The number of aliphatic hydroxyl groups is 1. The lowest BCUT2D eigenvalue weighted by atomic mass is 9.82. The first-order chi connectivity index (χ1) is 25.5. The number of fused-ring (bicyclic) bond motifs is 2. The summed E-state index contributed by atoms with van der Waals surface area (Å²) in [5, 5.41) is 22.8. The zero-order valence-electron chi connectivity index (χ0n) is 29.5. The molecule has 1 saturated carbocycles. The number of carboxylic acid groups (broad SMARTS) is 1. The highest BCUT2D eigenvalue weighted by molar-refractivity contribution is 6.03. The number of halogens is 3. The van der Waals surface area contributed by atoms with Gasteiger partial charge in [0.1, 0.15) is 12.4 Å². The molecular weight excluding hydrogens is 691 g/mol. The number of aliphatic hydroxyl groups excluding tert-OH is 1. The summed E-state index contributed by atoms with van der Waals surface area (Å²) >= 11 is 0. The van der Waals surface area contributed by atoms with Gasteiger partial charge in [-0.05, 0) is 85.6 Å². The molecule has 53 heavy (non-hydrogen) atoms. The smallest absolute Gasteiger partial charge is 0.305 e. The number of amides is 2. The number of nitrogens with one attached hydrogen (secondary N) is 1. The highest BCUT2D eigenvalue weighted by atomic mass is 19.2. The van der Waals surface area contributed by atoms with E-state index in [0.717, 1.165) is 46.9 Å². The molecule has 1 saturated heterocycles. The summed E-state index contributed by atoms with van der Waals surface area (Å²) in [7, 11) is 0. The molecule has 2 amide bonds. The molecule has 10 nitrogen and oxygen atoms in total. The van der Waals surface area contributed by atoms with E-state index in [2.05, 4.69) is 5.32 Å². The van der Waals surface area contributed by atoms with E-state index in [-0.39, 0.29) is 43.5 Å². The number of carbonyl (C=O) groups is 3. The summed E-state index contributed by atoms with van der Waals surface area (Å²) < 4.78 is 52.7. The summed E-state index contributed by atoms with van der Waals surface area (Å²) in [5.41, 5.74) is 4.30. The average Bonchev–Trinajstić information content (AvgIpc) is 3.96. The number of carbonyl (C=O) groups excluding carboxylic acids is 2. The van der Waals surface area contributed by atoms with Crippen molar-refractivity contribution < 1.29 is 47.2 Å². The van der Waals surface area contributed by atoms with E-state index in [1.807, 2.05) is 60.4 Å². The molecule has 3 atom stereocenters. The lowest BCUT2D eigenvalue weighted by Crippen LogP contribution is -2.62. The quantitative estimate of drug-likeness (QED) is 0.138. The standard InChI is InChI=1S/C40H44F3N3O7/c1-24-4-2-6-30(18-24)52-17-15-46(28-11-12-28)40(51)37-31(19-27-22-45(23-34(37)44-27)35(48)20-29(47)21-36(49)50)26-9-7-25(8-10-26)5-3-16-53-39-33(42)14-13-32(41)38(39)43/h2,4,6-10,13-14,18,27-29,34,44,47H,3,5,11-12,15-17,19-23H2,1H3,(H,49,50). The number of aliphatic carboxylic acids is 1. The molecule has 0 radical (unpaired) electrons. The van der Waals surface area contributed by atoms with Gasteiger partial charge in [-0.1, -0.05) is 36.4 Å². The van der Waals surface area contributed by atoms with Crippen LogP contribution in [0.5, 0.6) is 11.5 Å². The van der Waals surface area contributed by atoms with Gasteiger partial charge in [0, 0.05) is 30.7 Å². The molecule has 3 aromatic rings. The second-order valence-corrected chi connectivity index (χ2v) is 14.0. The minimum Gasteiger partial charge on any atom is -0.492 e. The van der Waals surface area contributed by atoms with Crippen LogP contribution in [-0.2, 0) is 20.8 Å². The first kappa shape index (κ1) is 37.9. The summed E-state index contributed by atoms with van der Waals surface area (Å²) in [4.78, 5) is 42.4. The molecule has 1 aliphatic carbocycles. The molecule has 2 heterocycles. The van der Waals surface area contributed by atoms with Crippen molar-refractivity contribution in [1.82, 2.24) is 15.1 Å². The van der Waals surface area contributed by atoms with Crippen molar-refractivity contribution in [3.05, 3.63) is 100 Å². The van der Waals surface area contributed by atoms with Gasteiger partial charge in [-0.2, -0.15) is 4.39 Å². The third-order valence-corrected chi connectivity index (χ3v) is 9.81. The number of hydrogen-bond acceptors (Lipinski definition) is 7. The van der Waals surface area contributed by atoms with E-state index in [4.69, 9.17) is 14.6 Å². The van der Waals surface area contributed by atoms with Crippen LogP contribution in [-0.4, -0.2) is 94.9 Å². The Kier molecular flexibility index (Phi) is 12.0. The Morgan fingerprint density at radius 1 is 0.962 bits per heavy atom. The fourth-order valence-corrected chi connectivity index (χ4v) is 7.10. The average molecular weight is 736 g/mol. The first-order valence-corrected chi connectivity index (χ1v) is 18.0. The van der Waals surface area contributed by atoms with Gasteiger partial charge >= 0.3 is 5.97 Å². The van der Waals surface area contributed by atoms with E-state index in [0.29, 0.717) is 50.6 Å². The highest BCUT2D eigenvalue weighted by Gasteiger charge is 2.43. The van der Waals surface area contributed by atoms with E-state index >= 15 is 0 Å². The second kappa shape index (κ2) is 16.9. The molecule has 3 aromatic carbocycles. The minimum atomic E-state index is -1.36. The molecule has 0 aromatic heterocycles. The number of carboxylic acids is 1. The monoisotopic (exact) mass is 735 g/mol. The number of benzene rings is 3. The lowest BCUT2D eigenvalue weighted by molar-refractivity contribution is -0.141. The van der Waals surface area contributed by atoms with Crippen LogP contribution in [0.2, 0.25) is 0 Å². The van der Waals surface area contributed by atoms with Crippen LogP contribution < -0.4 is 14.8 Å². The summed E-state index contributed by atoms with van der Waals surface area (Å²) in [6.45, 7) is 3.15. The van der Waals surface area contributed by atoms with Gasteiger partial charge in [0.25, 0.3) is 5.91 Å². The first-order valence-electron chi connectivity index (χ1n) is 18.0. The van der Waals surface area contributed by atoms with E-state index < -0.39 is 47.7 Å². The van der Waals surface area contributed by atoms with Crippen molar-refractivity contribution in [3.8, 4) is 11.5 Å². The van der Waals surface area contributed by atoms with Crippen LogP contribution in [0.3, 0.4) is 0 Å². The molecule has 3 aliphatic rings. The van der Waals surface area contributed by atoms with Crippen molar-refractivity contribution in [2.75, 3.05) is 32.8 Å². The van der Waals surface area contributed by atoms with Crippen LogP contribution in [0.15, 0.2) is 66.2 Å². The number of rotatable bonds is 16. The maximum Gasteiger partial charge on any atom is 0.305 e. The highest BCUT2D eigenvalue weighted by Crippen LogP contribution is 2.37. The SMILES string of the molecule is Cc1cccc(OCCN(C(=O)C2=C(c3ccc(CCCOc4c(F)ccc(F)c4F)cc3)CC3CN(C(=O)CC(O)CC(=O)O)CC2N3)C2CC2)c1. The van der Waals surface area contributed by atoms with Gasteiger partial charge < -0.3 is 34.8 Å². The van der Waals surface area contributed by atoms with E-state index in [9.17, 15) is 32.7 Å². The maximum absolute atomic E-state index is 14.6. The summed E-state index contributed by atoms with van der Waals surface area (Å²) in [6, 6.07) is 16.4. The molecule has 282 valence electrons. The Hall–Kier alpha value is -4.88. The van der Waals surface area contributed by atoms with Crippen molar-refractivity contribution in [2.24, 2.45) is 0 Å². The zero-order valence-corrected chi connectivity index (χ0v) is 29.5. The van der Waals surface area contributed by atoms with Gasteiger partial charge in [0.05, 0.1) is 38.1 Å². The normalized spacial score (nSPS) is 18.8. The number of ether oxygens (including phenoxy) is 2. The number of hydrogen-bond donors (Lipinski definition) is 3. The van der Waals surface area contributed by atoms with Crippen LogP contribution in [0.25, 0.3) is 5.57 Å². The van der Waals surface area contributed by atoms with Gasteiger partial charge in [-0.3, -0.25) is 14.4 Å². The van der Waals surface area contributed by atoms with Crippen LogP contribution in [0.1, 0.15) is 55.2 Å². The van der Waals surface area contributed by atoms with E-state index in [1.54, 1.807) is 4.90 Å². The number of nitrogens with zero attached hydrogens (tertiary/aromatic N) is 2. The fourth-order valence-electron chi connectivity index (χ4n) is 7.10. The Balaban J connectivity index is 1.20. The molecule has 0 spiro atoms. The predicted octanol–water partition coefficient (Wildman–Crippen LogP) is 5.05. The molecule has 2 aliphatic heterocycles. The van der Waals surface area contributed by atoms with Crippen molar-refractivity contribution in [3.63, 3.8) is 0 Å². The van der Waals surface area contributed by atoms with E-state index in [1.165, 1.54) is 0 Å². The number of aryl methyl sites for hydroxylation is 2. The summed E-state index contributed by atoms with van der Waals surface area (Å²) in [6.07, 6.45) is 0.981. The molecule has 3 unspecified atom stereocenters. The largest absolute Gasteiger partial charge is 0.492 e. The topological polar surface area (TPSA) is 129 Å². The molecule has 6 rings (SSSR count). The van der Waals surface area contributed by atoms with Crippen molar-refractivity contribution in [1.29, 1.82) is 0 Å². The van der Waals surface area contributed by atoms with Crippen LogP contribution >= 0.6 is 0 Å². The Morgan fingerprint density at radius 3 is 2.43 bits per heavy atom. The van der Waals surface area contributed by atoms with Crippen molar-refractivity contribution >= 4 is 23.4 Å². The second-order valence-electron chi connectivity index (χ2n) is 14.0. The Bertz CT molecular complexity index is 1850.